The van der Waals surface area contributed by atoms with E-state index in [1.165, 1.54) is 18.4 Å². The maximum Gasteiger partial charge on any atom is 0.264 e. The predicted molar refractivity (Wildman–Crippen MR) is 88.8 cm³/mol. The predicted octanol–water partition coefficient (Wildman–Crippen LogP) is 4.32. The molecule has 24 heavy (non-hydrogen) atoms. The summed E-state index contributed by atoms with van der Waals surface area (Å²) in [4.78, 5) is 0. The van der Waals surface area contributed by atoms with Crippen molar-refractivity contribution in [2.45, 2.75) is 13.0 Å². The Balaban J connectivity index is 2.30. The van der Waals surface area contributed by atoms with Crippen LogP contribution in [0.1, 0.15) is 18.6 Å². The molecule has 1 heterocycles. The Morgan fingerprint density at radius 1 is 1.33 bits per heavy atom. The van der Waals surface area contributed by atoms with E-state index in [1.54, 1.807) is 25.1 Å². The van der Waals surface area contributed by atoms with Gasteiger partial charge < -0.3 is 4.52 Å². The second-order valence-corrected chi connectivity index (χ2v) is 7.36. The minimum Gasteiger partial charge on any atom is -0.363 e. The van der Waals surface area contributed by atoms with Crippen molar-refractivity contribution in [3.05, 3.63) is 53.0 Å². The highest BCUT2D eigenvalue weighted by atomic mass is 35.5. The van der Waals surface area contributed by atoms with Crippen LogP contribution in [0.15, 0.2) is 41.1 Å². The summed E-state index contributed by atoms with van der Waals surface area (Å²) in [5, 5.41) is 4.82. The van der Waals surface area contributed by atoms with Crippen molar-refractivity contribution < 1.29 is 21.5 Å². The Bertz CT molecular complexity index is 1020. The van der Waals surface area contributed by atoms with E-state index in [1.807, 2.05) is 0 Å². The van der Waals surface area contributed by atoms with E-state index in [9.17, 15) is 12.8 Å². The highest BCUT2D eigenvalue weighted by Crippen LogP contribution is 2.39. The van der Waals surface area contributed by atoms with Gasteiger partial charge in [-0.3, -0.25) is 4.18 Å². The smallest absolute Gasteiger partial charge is 0.264 e. The zero-order valence-corrected chi connectivity index (χ0v) is 14.4. The van der Waals surface area contributed by atoms with Crippen LogP contribution < -0.4 is 0 Å². The molecule has 2 aromatic carbocycles. The molecule has 0 N–H and O–H groups in total. The van der Waals surface area contributed by atoms with Crippen LogP contribution in [0.25, 0.3) is 22.0 Å². The third-order valence-corrected chi connectivity index (χ3v) is 4.46. The van der Waals surface area contributed by atoms with Gasteiger partial charge in [0, 0.05) is 5.56 Å². The minimum atomic E-state index is -3.69. The minimum absolute atomic E-state index is 0.338. The molecule has 0 fully saturated rings. The summed E-state index contributed by atoms with van der Waals surface area (Å²) in [5.41, 5.74) is 1.91. The van der Waals surface area contributed by atoms with E-state index in [4.69, 9.17) is 20.3 Å². The molecule has 3 rings (SSSR count). The lowest BCUT2D eigenvalue weighted by atomic mass is 9.94. The average Bonchev–Trinajstić information content (AvgIpc) is 2.95. The first-order valence-electron chi connectivity index (χ1n) is 6.97. The molecule has 0 spiro atoms. The molecule has 0 bridgehead atoms. The van der Waals surface area contributed by atoms with Gasteiger partial charge in [0.1, 0.15) is 17.6 Å². The van der Waals surface area contributed by atoms with Crippen molar-refractivity contribution in [2.75, 3.05) is 6.26 Å². The number of halogens is 2. The van der Waals surface area contributed by atoms with Crippen LogP contribution in [0.2, 0.25) is 5.02 Å². The molecule has 0 amide bonds. The molecular formula is C16H13ClFNO4S. The Morgan fingerprint density at radius 2 is 2.08 bits per heavy atom. The molecule has 0 aliphatic heterocycles. The van der Waals surface area contributed by atoms with Crippen LogP contribution in [-0.4, -0.2) is 19.8 Å². The number of aromatic nitrogens is 1. The zero-order chi connectivity index (χ0) is 17.5. The van der Waals surface area contributed by atoms with Gasteiger partial charge in [-0.1, -0.05) is 28.9 Å². The maximum atomic E-state index is 13.7. The maximum absolute atomic E-state index is 13.7. The largest absolute Gasteiger partial charge is 0.363 e. The fourth-order valence-electron chi connectivity index (χ4n) is 2.59. The van der Waals surface area contributed by atoms with Gasteiger partial charge in [-0.15, -0.1) is 0 Å². The van der Waals surface area contributed by atoms with Crippen molar-refractivity contribution in [1.29, 1.82) is 0 Å². The second-order valence-electron chi connectivity index (χ2n) is 5.35. The second kappa shape index (κ2) is 6.16. The van der Waals surface area contributed by atoms with Gasteiger partial charge in [-0.25, -0.2) is 4.39 Å². The summed E-state index contributed by atoms with van der Waals surface area (Å²) in [6.45, 7) is 1.57. The molecule has 0 aliphatic carbocycles. The van der Waals surface area contributed by atoms with Crippen molar-refractivity contribution in [2.24, 2.45) is 0 Å². The lowest BCUT2D eigenvalue weighted by molar-refractivity contribution is 0.237. The molecule has 1 aromatic heterocycles. The zero-order valence-electron chi connectivity index (χ0n) is 12.8. The van der Waals surface area contributed by atoms with Gasteiger partial charge >= 0.3 is 0 Å². The molecule has 0 saturated carbocycles. The van der Waals surface area contributed by atoms with Crippen molar-refractivity contribution in [3.63, 3.8) is 0 Å². The summed E-state index contributed by atoms with van der Waals surface area (Å²) >= 11 is 6.23. The van der Waals surface area contributed by atoms with Crippen molar-refractivity contribution in [3.8, 4) is 11.1 Å². The summed E-state index contributed by atoms with van der Waals surface area (Å²) in [6, 6.07) is 7.47. The number of rotatable bonds is 4. The van der Waals surface area contributed by atoms with Crippen molar-refractivity contribution >= 4 is 32.6 Å². The lowest BCUT2D eigenvalue weighted by Crippen LogP contribution is -2.09. The van der Waals surface area contributed by atoms with Gasteiger partial charge in [-0.05, 0) is 36.2 Å². The van der Waals surface area contributed by atoms with Crippen LogP contribution in [0.5, 0.6) is 0 Å². The molecular weight excluding hydrogens is 357 g/mol. The van der Waals surface area contributed by atoms with Gasteiger partial charge in [-0.2, -0.15) is 8.42 Å². The number of hydrogen-bond donors (Lipinski definition) is 0. The molecule has 8 heteroatoms. The van der Waals surface area contributed by atoms with E-state index in [-0.39, 0.29) is 0 Å². The lowest BCUT2D eigenvalue weighted by Gasteiger charge is -2.17. The first-order chi connectivity index (χ1) is 11.3. The van der Waals surface area contributed by atoms with Crippen LogP contribution in [0.3, 0.4) is 0 Å². The molecule has 126 valence electrons. The highest BCUT2D eigenvalue weighted by Gasteiger charge is 2.23. The Hall–Kier alpha value is -1.96. The Morgan fingerprint density at radius 3 is 2.75 bits per heavy atom. The molecule has 3 aromatic rings. The fourth-order valence-corrected chi connectivity index (χ4v) is 3.47. The summed E-state index contributed by atoms with van der Waals surface area (Å²) < 4.78 is 46.6. The summed E-state index contributed by atoms with van der Waals surface area (Å²) in [6.07, 6.45) is 1.50. The van der Waals surface area contributed by atoms with Crippen LogP contribution in [0.4, 0.5) is 4.39 Å². The van der Waals surface area contributed by atoms with Gasteiger partial charge in [0.25, 0.3) is 10.1 Å². The molecule has 0 aliphatic rings. The third-order valence-electron chi connectivity index (χ3n) is 3.51. The SMILES string of the molecule is CC(OS(C)(=O)=O)c1cc(Cl)c2conc2c1-c1cccc(F)c1. The molecule has 5 nitrogen and oxygen atoms in total. The van der Waals surface area contributed by atoms with E-state index in [2.05, 4.69) is 5.16 Å². The summed E-state index contributed by atoms with van der Waals surface area (Å²) in [7, 11) is -3.69. The highest BCUT2D eigenvalue weighted by molar-refractivity contribution is 7.86. The number of nitrogens with zero attached hydrogens (tertiary/aromatic N) is 1. The van der Waals surface area contributed by atoms with Gasteiger partial charge in [0.05, 0.1) is 22.8 Å². The van der Waals surface area contributed by atoms with Gasteiger partial charge in [0.15, 0.2) is 0 Å². The normalized spacial score (nSPS) is 13.3. The number of fused-ring (bicyclic) bond motifs is 1. The first-order valence-corrected chi connectivity index (χ1v) is 9.16. The Kier molecular flexibility index (Phi) is 4.33. The first kappa shape index (κ1) is 16.9. The van der Waals surface area contributed by atoms with E-state index in [0.29, 0.717) is 32.6 Å². The van der Waals surface area contributed by atoms with E-state index >= 15 is 0 Å². The topological polar surface area (TPSA) is 69.4 Å². The van der Waals surface area contributed by atoms with Crippen LogP contribution in [-0.2, 0) is 14.3 Å². The monoisotopic (exact) mass is 369 g/mol. The van der Waals surface area contributed by atoms with Gasteiger partial charge in [0.2, 0.25) is 0 Å². The molecule has 0 radical (unpaired) electrons. The van der Waals surface area contributed by atoms with E-state index < -0.39 is 22.0 Å². The Labute approximate surface area is 143 Å². The molecule has 1 unspecified atom stereocenters. The van der Waals surface area contributed by atoms with Crippen LogP contribution >= 0.6 is 11.6 Å². The standard InChI is InChI=1S/C16H13ClFNO4S/c1-9(23-24(2,20)21)12-7-14(17)13-8-22-19-16(13)15(12)10-4-3-5-11(18)6-10/h3-9H,1-2H3. The third kappa shape index (κ3) is 3.28. The molecule has 1 atom stereocenters. The average molecular weight is 370 g/mol. The fraction of sp³-hybridized carbons (Fsp3) is 0.188. The van der Waals surface area contributed by atoms with E-state index in [0.717, 1.165) is 6.26 Å². The number of benzene rings is 2. The quantitative estimate of drug-likeness (QED) is 0.640. The van der Waals surface area contributed by atoms with Crippen LogP contribution in [0, 0.1) is 5.82 Å². The molecule has 0 saturated heterocycles. The summed E-state index contributed by atoms with van der Waals surface area (Å²) in [5.74, 6) is -0.429. The van der Waals surface area contributed by atoms with Crippen molar-refractivity contribution in [1.82, 2.24) is 5.16 Å². The number of hydrogen-bond acceptors (Lipinski definition) is 5.